The molecule has 0 aromatic heterocycles. The van der Waals surface area contributed by atoms with Crippen molar-refractivity contribution in [1.82, 2.24) is 4.72 Å². The van der Waals surface area contributed by atoms with E-state index in [1.807, 2.05) is 26.0 Å². The van der Waals surface area contributed by atoms with Gasteiger partial charge in [0, 0.05) is 12.6 Å². The molecule has 3 N–H and O–H groups in total. The number of benzene rings is 1. The van der Waals surface area contributed by atoms with Gasteiger partial charge in [0.05, 0.1) is 4.90 Å². The van der Waals surface area contributed by atoms with E-state index in [0.717, 1.165) is 18.4 Å². The molecule has 0 bridgehead atoms. The zero-order valence-electron chi connectivity index (χ0n) is 11.5. The van der Waals surface area contributed by atoms with Gasteiger partial charge < -0.3 is 5.73 Å². The smallest absolute Gasteiger partial charge is 0.241 e. The second-order valence-electron chi connectivity index (χ2n) is 5.49. The molecule has 1 saturated carbocycles. The van der Waals surface area contributed by atoms with E-state index >= 15 is 0 Å². The summed E-state index contributed by atoms with van der Waals surface area (Å²) in [6.45, 7) is 4.35. The predicted molar refractivity (Wildman–Crippen MR) is 76.4 cm³/mol. The van der Waals surface area contributed by atoms with E-state index in [-0.39, 0.29) is 12.0 Å². The van der Waals surface area contributed by atoms with E-state index in [1.165, 1.54) is 0 Å². The number of sulfonamides is 1. The first-order valence-corrected chi connectivity index (χ1v) is 8.25. The van der Waals surface area contributed by atoms with Crippen LogP contribution in [0.15, 0.2) is 29.2 Å². The molecule has 1 aliphatic carbocycles. The number of nitrogens with one attached hydrogen (secondary N) is 1. The Morgan fingerprint density at radius 2 is 1.95 bits per heavy atom. The van der Waals surface area contributed by atoms with Crippen molar-refractivity contribution in [3.8, 4) is 0 Å². The standard InChI is InChI=1S/C14H22N2O2S/c1-10(2)12-5-3-4-6-14(12)19(17,18)16-13(9-15)11-7-8-11/h3-6,10-11,13,16H,7-9,15H2,1-2H3. The van der Waals surface area contributed by atoms with Crippen molar-refractivity contribution in [2.75, 3.05) is 6.54 Å². The van der Waals surface area contributed by atoms with Gasteiger partial charge in [-0.2, -0.15) is 0 Å². The summed E-state index contributed by atoms with van der Waals surface area (Å²) in [7, 11) is -3.48. The summed E-state index contributed by atoms with van der Waals surface area (Å²) in [5.41, 5.74) is 6.52. The van der Waals surface area contributed by atoms with E-state index in [0.29, 0.717) is 17.4 Å². The lowest BCUT2D eigenvalue weighted by Crippen LogP contribution is -2.41. The molecule has 0 aliphatic heterocycles. The summed E-state index contributed by atoms with van der Waals surface area (Å²) in [6.07, 6.45) is 2.13. The molecule has 0 spiro atoms. The highest BCUT2D eigenvalue weighted by molar-refractivity contribution is 7.89. The van der Waals surface area contributed by atoms with Crippen molar-refractivity contribution in [2.45, 2.75) is 43.5 Å². The molecule has 1 aromatic rings. The Balaban J connectivity index is 2.28. The van der Waals surface area contributed by atoms with Gasteiger partial charge in [-0.25, -0.2) is 13.1 Å². The van der Waals surface area contributed by atoms with E-state index in [2.05, 4.69) is 4.72 Å². The third-order valence-corrected chi connectivity index (χ3v) is 5.15. The first-order chi connectivity index (χ1) is 8.95. The van der Waals surface area contributed by atoms with Crippen LogP contribution in [-0.4, -0.2) is 21.0 Å². The molecule has 2 rings (SSSR count). The Labute approximate surface area is 115 Å². The summed E-state index contributed by atoms with van der Waals surface area (Å²) < 4.78 is 27.7. The van der Waals surface area contributed by atoms with Crippen LogP contribution in [0.25, 0.3) is 0 Å². The molecule has 1 fully saturated rings. The molecule has 1 aromatic carbocycles. The second kappa shape index (κ2) is 5.61. The molecule has 4 nitrogen and oxygen atoms in total. The van der Waals surface area contributed by atoms with Crippen LogP contribution in [0, 0.1) is 5.92 Å². The molecule has 0 amide bonds. The number of rotatable bonds is 6. The minimum absolute atomic E-state index is 0.134. The van der Waals surface area contributed by atoms with Crippen LogP contribution in [0.4, 0.5) is 0 Å². The third kappa shape index (κ3) is 3.35. The predicted octanol–water partition coefficient (Wildman–Crippen LogP) is 1.83. The molecule has 0 heterocycles. The van der Waals surface area contributed by atoms with Gasteiger partial charge in [0.25, 0.3) is 0 Å². The molecular weight excluding hydrogens is 260 g/mol. The fourth-order valence-corrected chi connectivity index (χ4v) is 3.99. The first kappa shape index (κ1) is 14.5. The zero-order valence-corrected chi connectivity index (χ0v) is 12.3. The minimum Gasteiger partial charge on any atom is -0.329 e. The first-order valence-electron chi connectivity index (χ1n) is 6.77. The van der Waals surface area contributed by atoms with Gasteiger partial charge in [-0.3, -0.25) is 0 Å². The van der Waals surface area contributed by atoms with E-state index in [1.54, 1.807) is 12.1 Å². The highest BCUT2D eigenvalue weighted by Crippen LogP contribution is 2.33. The quantitative estimate of drug-likeness (QED) is 0.836. The molecular formula is C14H22N2O2S. The summed E-state index contributed by atoms with van der Waals surface area (Å²) in [5, 5.41) is 0. The van der Waals surface area contributed by atoms with Gasteiger partial charge in [-0.15, -0.1) is 0 Å². The van der Waals surface area contributed by atoms with Gasteiger partial charge >= 0.3 is 0 Å². The molecule has 0 radical (unpaired) electrons. The largest absolute Gasteiger partial charge is 0.329 e. The lowest BCUT2D eigenvalue weighted by molar-refractivity contribution is 0.518. The molecule has 0 saturated heterocycles. The number of hydrogen-bond donors (Lipinski definition) is 2. The fraction of sp³-hybridized carbons (Fsp3) is 0.571. The van der Waals surface area contributed by atoms with Crippen LogP contribution >= 0.6 is 0 Å². The van der Waals surface area contributed by atoms with Crippen molar-refractivity contribution in [3.63, 3.8) is 0 Å². The summed E-state index contributed by atoms with van der Waals surface area (Å²) in [6, 6.07) is 7.03. The van der Waals surface area contributed by atoms with Crippen LogP contribution in [0.3, 0.4) is 0 Å². The van der Waals surface area contributed by atoms with E-state index in [9.17, 15) is 8.42 Å². The van der Waals surface area contributed by atoms with Gasteiger partial charge in [-0.05, 0) is 36.3 Å². The van der Waals surface area contributed by atoms with Crippen molar-refractivity contribution in [2.24, 2.45) is 11.7 Å². The number of nitrogens with two attached hydrogens (primary N) is 1. The molecule has 106 valence electrons. The Morgan fingerprint density at radius 1 is 1.32 bits per heavy atom. The molecule has 5 heteroatoms. The van der Waals surface area contributed by atoms with Gasteiger partial charge in [-0.1, -0.05) is 32.0 Å². The van der Waals surface area contributed by atoms with Crippen LogP contribution < -0.4 is 10.5 Å². The van der Waals surface area contributed by atoms with Crippen molar-refractivity contribution < 1.29 is 8.42 Å². The van der Waals surface area contributed by atoms with Gasteiger partial charge in [0.2, 0.25) is 10.0 Å². The highest BCUT2D eigenvalue weighted by Gasteiger charge is 2.34. The fourth-order valence-electron chi connectivity index (χ4n) is 2.30. The van der Waals surface area contributed by atoms with Crippen LogP contribution in [0.2, 0.25) is 0 Å². The van der Waals surface area contributed by atoms with Gasteiger partial charge in [0.1, 0.15) is 0 Å². The van der Waals surface area contributed by atoms with Gasteiger partial charge in [0.15, 0.2) is 0 Å². The summed E-state index contributed by atoms with van der Waals surface area (Å²) in [4.78, 5) is 0.379. The summed E-state index contributed by atoms with van der Waals surface area (Å²) in [5.74, 6) is 0.580. The second-order valence-corrected chi connectivity index (χ2v) is 7.18. The number of hydrogen-bond acceptors (Lipinski definition) is 3. The van der Waals surface area contributed by atoms with Crippen molar-refractivity contribution in [3.05, 3.63) is 29.8 Å². The molecule has 1 unspecified atom stereocenters. The average Bonchev–Trinajstić information content (AvgIpc) is 3.20. The minimum atomic E-state index is -3.48. The summed E-state index contributed by atoms with van der Waals surface area (Å²) >= 11 is 0. The molecule has 19 heavy (non-hydrogen) atoms. The Hall–Kier alpha value is -0.910. The normalized spacial score (nSPS) is 17.7. The Bertz CT molecular complexity index is 536. The van der Waals surface area contributed by atoms with Crippen molar-refractivity contribution >= 4 is 10.0 Å². The third-order valence-electron chi connectivity index (χ3n) is 3.58. The SMILES string of the molecule is CC(C)c1ccccc1S(=O)(=O)NC(CN)C1CC1. The van der Waals surface area contributed by atoms with Crippen LogP contribution in [0.5, 0.6) is 0 Å². The maximum Gasteiger partial charge on any atom is 0.241 e. The monoisotopic (exact) mass is 282 g/mol. The van der Waals surface area contributed by atoms with Crippen LogP contribution in [0.1, 0.15) is 38.2 Å². The van der Waals surface area contributed by atoms with Crippen molar-refractivity contribution in [1.29, 1.82) is 0 Å². The lowest BCUT2D eigenvalue weighted by Gasteiger charge is -2.19. The maximum absolute atomic E-state index is 12.5. The lowest BCUT2D eigenvalue weighted by atomic mass is 10.0. The highest BCUT2D eigenvalue weighted by atomic mass is 32.2. The van der Waals surface area contributed by atoms with E-state index in [4.69, 9.17) is 5.73 Å². The Kier molecular flexibility index (Phi) is 4.28. The van der Waals surface area contributed by atoms with E-state index < -0.39 is 10.0 Å². The van der Waals surface area contributed by atoms with Crippen LogP contribution in [-0.2, 0) is 10.0 Å². The zero-order chi connectivity index (χ0) is 14.0. The average molecular weight is 282 g/mol. The molecule has 1 aliphatic rings. The molecule has 1 atom stereocenters. The Morgan fingerprint density at radius 3 is 2.47 bits per heavy atom. The maximum atomic E-state index is 12.5. The topological polar surface area (TPSA) is 72.2 Å².